The first-order valence-corrected chi connectivity index (χ1v) is 8.17. The van der Waals surface area contributed by atoms with Crippen LogP contribution < -0.4 is 0 Å². The first-order valence-electron chi connectivity index (χ1n) is 6.73. The molecule has 1 saturated heterocycles. The van der Waals surface area contributed by atoms with Crippen LogP contribution >= 0.6 is 0 Å². The van der Waals surface area contributed by atoms with Gasteiger partial charge in [-0.3, -0.25) is 0 Å². The van der Waals surface area contributed by atoms with Gasteiger partial charge in [-0.15, -0.1) is 4.40 Å². The predicted molar refractivity (Wildman–Crippen MR) is 74.8 cm³/mol. The lowest BCUT2D eigenvalue weighted by molar-refractivity contribution is 0.192. The largest absolute Gasteiger partial charge is 0.350 e. The van der Waals surface area contributed by atoms with Crippen molar-refractivity contribution >= 4 is 15.9 Å². The van der Waals surface area contributed by atoms with E-state index in [9.17, 15) is 8.42 Å². The molecule has 0 spiro atoms. The summed E-state index contributed by atoms with van der Waals surface area (Å²) >= 11 is 0. The first kappa shape index (κ1) is 12.7. The van der Waals surface area contributed by atoms with Gasteiger partial charge in [-0.1, -0.05) is 12.1 Å². The SMILES string of the molecule is C[C@H]1CCC[C@H](C)N1C1=NS(=O)(=O)c2ccccc21. The third-order valence-corrected chi connectivity index (χ3v) is 5.38. The second kappa shape index (κ2) is 4.34. The Morgan fingerprint density at radius 2 is 1.79 bits per heavy atom. The van der Waals surface area contributed by atoms with Crippen molar-refractivity contribution < 1.29 is 8.42 Å². The van der Waals surface area contributed by atoms with Gasteiger partial charge in [0.2, 0.25) is 0 Å². The second-order valence-corrected chi connectivity index (χ2v) is 6.99. The Morgan fingerprint density at radius 3 is 2.47 bits per heavy atom. The summed E-state index contributed by atoms with van der Waals surface area (Å²) in [7, 11) is -3.50. The number of sulfonamides is 1. The van der Waals surface area contributed by atoms with E-state index >= 15 is 0 Å². The van der Waals surface area contributed by atoms with Gasteiger partial charge in [-0.2, -0.15) is 8.42 Å². The molecule has 3 rings (SSSR count). The van der Waals surface area contributed by atoms with Gasteiger partial charge in [-0.25, -0.2) is 0 Å². The molecule has 0 amide bonds. The van der Waals surface area contributed by atoms with E-state index in [1.807, 2.05) is 12.1 Å². The summed E-state index contributed by atoms with van der Waals surface area (Å²) in [5.74, 6) is 0.635. The monoisotopic (exact) mass is 278 g/mol. The zero-order valence-corrected chi connectivity index (χ0v) is 12.0. The molecule has 0 aliphatic carbocycles. The van der Waals surface area contributed by atoms with Gasteiger partial charge < -0.3 is 4.90 Å². The third-order valence-electron chi connectivity index (χ3n) is 4.05. The van der Waals surface area contributed by atoms with Gasteiger partial charge >= 0.3 is 0 Å². The molecule has 2 aliphatic rings. The van der Waals surface area contributed by atoms with Crippen molar-refractivity contribution in [3.8, 4) is 0 Å². The molecule has 19 heavy (non-hydrogen) atoms. The van der Waals surface area contributed by atoms with E-state index in [-0.39, 0.29) is 0 Å². The van der Waals surface area contributed by atoms with Gasteiger partial charge in [0, 0.05) is 17.6 Å². The highest BCUT2D eigenvalue weighted by molar-refractivity contribution is 7.90. The van der Waals surface area contributed by atoms with Crippen LogP contribution in [0, 0.1) is 0 Å². The Kier molecular flexibility index (Phi) is 2.89. The molecule has 2 aliphatic heterocycles. The lowest BCUT2D eigenvalue weighted by atomic mass is 9.96. The van der Waals surface area contributed by atoms with E-state index in [1.165, 1.54) is 6.42 Å². The highest BCUT2D eigenvalue weighted by atomic mass is 32.2. The minimum absolute atomic E-state index is 0.337. The van der Waals surface area contributed by atoms with Gasteiger partial charge in [0.05, 0.1) is 0 Å². The van der Waals surface area contributed by atoms with E-state index in [1.54, 1.807) is 12.1 Å². The summed E-state index contributed by atoms with van der Waals surface area (Å²) in [4.78, 5) is 2.52. The summed E-state index contributed by atoms with van der Waals surface area (Å²) in [6.07, 6.45) is 3.37. The minimum Gasteiger partial charge on any atom is -0.350 e. The van der Waals surface area contributed by atoms with Crippen LogP contribution in [0.3, 0.4) is 0 Å². The Labute approximate surface area is 114 Å². The van der Waals surface area contributed by atoms with Crippen molar-refractivity contribution in [3.05, 3.63) is 29.8 Å². The van der Waals surface area contributed by atoms with Gasteiger partial charge in [0.15, 0.2) is 5.84 Å². The molecule has 0 bridgehead atoms. The number of amidine groups is 1. The number of nitrogens with zero attached hydrogens (tertiary/aromatic N) is 2. The average molecular weight is 278 g/mol. The fourth-order valence-corrected chi connectivity index (χ4v) is 4.32. The Morgan fingerprint density at radius 1 is 1.16 bits per heavy atom. The number of hydrogen-bond donors (Lipinski definition) is 0. The van der Waals surface area contributed by atoms with E-state index in [0.29, 0.717) is 22.8 Å². The molecule has 102 valence electrons. The molecule has 1 fully saturated rings. The molecule has 0 saturated carbocycles. The molecule has 2 heterocycles. The number of piperidine rings is 1. The fraction of sp³-hybridized carbons (Fsp3) is 0.500. The maximum absolute atomic E-state index is 12.1. The topological polar surface area (TPSA) is 49.7 Å². The van der Waals surface area contributed by atoms with Crippen molar-refractivity contribution in [1.29, 1.82) is 0 Å². The number of hydrogen-bond acceptors (Lipinski definition) is 3. The van der Waals surface area contributed by atoms with Crippen LogP contribution in [0.15, 0.2) is 33.6 Å². The number of likely N-dealkylation sites (tertiary alicyclic amines) is 1. The van der Waals surface area contributed by atoms with E-state index in [0.717, 1.165) is 18.4 Å². The van der Waals surface area contributed by atoms with Crippen LogP contribution in [0.1, 0.15) is 38.7 Å². The normalized spacial score (nSPS) is 28.9. The molecular weight excluding hydrogens is 260 g/mol. The molecule has 0 aromatic heterocycles. The Hall–Kier alpha value is -1.36. The quantitative estimate of drug-likeness (QED) is 0.732. The van der Waals surface area contributed by atoms with Crippen molar-refractivity contribution in [2.75, 3.05) is 0 Å². The fourth-order valence-electron chi connectivity index (χ4n) is 3.11. The molecule has 2 atom stereocenters. The first-order chi connectivity index (χ1) is 9.00. The van der Waals surface area contributed by atoms with Gasteiger partial charge in [-0.05, 0) is 45.2 Å². The van der Waals surface area contributed by atoms with Crippen molar-refractivity contribution in [2.45, 2.75) is 50.1 Å². The maximum Gasteiger partial charge on any atom is 0.285 e. The number of benzene rings is 1. The third kappa shape index (κ3) is 1.96. The Balaban J connectivity index is 2.11. The molecule has 0 radical (unpaired) electrons. The van der Waals surface area contributed by atoms with Crippen LogP contribution in [0.2, 0.25) is 0 Å². The summed E-state index contributed by atoms with van der Waals surface area (Å²) in [5.41, 5.74) is 0.753. The zero-order valence-electron chi connectivity index (χ0n) is 11.2. The molecule has 0 N–H and O–H groups in total. The van der Waals surface area contributed by atoms with Crippen LogP contribution in [0.5, 0.6) is 0 Å². The van der Waals surface area contributed by atoms with E-state index < -0.39 is 10.0 Å². The molecular formula is C14H18N2O2S. The zero-order chi connectivity index (χ0) is 13.6. The van der Waals surface area contributed by atoms with Crippen molar-refractivity contribution in [1.82, 2.24) is 4.90 Å². The highest BCUT2D eigenvalue weighted by Gasteiger charge is 2.36. The molecule has 1 aromatic rings. The van der Waals surface area contributed by atoms with Crippen LogP contribution in [-0.2, 0) is 10.0 Å². The van der Waals surface area contributed by atoms with Gasteiger partial charge in [0.1, 0.15) is 4.90 Å². The second-order valence-electron chi connectivity index (χ2n) is 5.42. The van der Waals surface area contributed by atoms with Gasteiger partial charge in [0.25, 0.3) is 10.0 Å². The molecule has 4 nitrogen and oxygen atoms in total. The van der Waals surface area contributed by atoms with E-state index in [2.05, 4.69) is 23.1 Å². The minimum atomic E-state index is -3.50. The predicted octanol–water partition coefficient (Wildman–Crippen LogP) is 2.40. The van der Waals surface area contributed by atoms with Crippen LogP contribution in [-0.4, -0.2) is 31.2 Å². The molecule has 5 heteroatoms. The Bertz CT molecular complexity index is 627. The summed E-state index contributed by atoms with van der Waals surface area (Å²) in [6, 6.07) is 7.78. The van der Waals surface area contributed by atoms with Crippen LogP contribution in [0.25, 0.3) is 0 Å². The summed E-state index contributed by atoms with van der Waals surface area (Å²) in [6.45, 7) is 4.29. The van der Waals surface area contributed by atoms with Crippen molar-refractivity contribution in [3.63, 3.8) is 0 Å². The molecule has 0 unspecified atom stereocenters. The number of fused-ring (bicyclic) bond motifs is 1. The highest BCUT2D eigenvalue weighted by Crippen LogP contribution is 2.32. The summed E-state index contributed by atoms with van der Waals surface area (Å²) < 4.78 is 28.2. The lowest BCUT2D eigenvalue weighted by Crippen LogP contribution is -2.47. The van der Waals surface area contributed by atoms with E-state index in [4.69, 9.17) is 0 Å². The molecule has 1 aromatic carbocycles. The lowest BCUT2D eigenvalue weighted by Gasteiger charge is -2.40. The van der Waals surface area contributed by atoms with Crippen molar-refractivity contribution in [2.24, 2.45) is 4.40 Å². The van der Waals surface area contributed by atoms with Crippen LogP contribution in [0.4, 0.5) is 0 Å². The summed E-state index contributed by atoms with van der Waals surface area (Å²) in [5, 5.41) is 0. The standard InChI is InChI=1S/C14H18N2O2S/c1-10-6-5-7-11(2)16(10)14-12-8-3-4-9-13(12)19(17,18)15-14/h3-4,8-11H,5-7H2,1-2H3/t10-,11-/m0/s1. The average Bonchev–Trinajstić information content (AvgIpc) is 2.62. The smallest absolute Gasteiger partial charge is 0.285 e. The number of rotatable bonds is 0. The maximum atomic E-state index is 12.1.